The summed E-state index contributed by atoms with van der Waals surface area (Å²) in [4.78, 5) is 16.5. The Labute approximate surface area is 152 Å². The molecular weight excluding hydrogens is 348 g/mol. The molecule has 0 saturated heterocycles. The van der Waals surface area contributed by atoms with E-state index in [4.69, 9.17) is 0 Å². The standard InChI is InChI=1S/C17H12N8O2/c1-10-12(8-19)16(26)24(2)17(27)14(10)22-23-15-11(7-18)9-21-25(15)13-5-3-4-6-20-13/h3-6,9,26H,1-2H3. The molecule has 0 aliphatic heterocycles. The van der Waals surface area contributed by atoms with E-state index in [1.165, 1.54) is 24.9 Å². The van der Waals surface area contributed by atoms with Gasteiger partial charge in [-0.2, -0.15) is 20.3 Å². The molecule has 27 heavy (non-hydrogen) atoms. The first kappa shape index (κ1) is 17.5. The summed E-state index contributed by atoms with van der Waals surface area (Å²) < 4.78 is 2.22. The van der Waals surface area contributed by atoms with Crippen LogP contribution in [0.1, 0.15) is 16.7 Å². The SMILES string of the molecule is Cc1c(C#N)c(O)n(C)c(=O)c1N=Nc1c(C#N)cnn1-c1ccccn1. The lowest BCUT2D eigenvalue weighted by molar-refractivity contribution is 0.421. The van der Waals surface area contributed by atoms with E-state index in [1.54, 1.807) is 24.4 Å². The van der Waals surface area contributed by atoms with Crippen LogP contribution in [-0.4, -0.2) is 24.4 Å². The highest BCUT2D eigenvalue weighted by molar-refractivity contribution is 5.57. The number of rotatable bonds is 3. The second-order valence-electron chi connectivity index (χ2n) is 5.44. The molecule has 10 nitrogen and oxygen atoms in total. The van der Waals surface area contributed by atoms with Crippen molar-refractivity contribution in [1.29, 1.82) is 10.5 Å². The topological polar surface area (TPSA) is 145 Å². The van der Waals surface area contributed by atoms with Gasteiger partial charge in [0, 0.05) is 18.8 Å². The highest BCUT2D eigenvalue weighted by atomic mass is 16.3. The molecule has 0 fully saturated rings. The fraction of sp³-hybridized carbons (Fsp3) is 0.118. The van der Waals surface area contributed by atoms with Gasteiger partial charge in [-0.1, -0.05) is 6.07 Å². The fourth-order valence-electron chi connectivity index (χ4n) is 2.38. The average Bonchev–Trinajstić information content (AvgIpc) is 3.10. The minimum Gasteiger partial charge on any atom is -0.493 e. The molecule has 1 N–H and O–H groups in total. The molecule has 0 spiro atoms. The van der Waals surface area contributed by atoms with Gasteiger partial charge in [-0.3, -0.25) is 9.36 Å². The molecule has 10 heteroatoms. The van der Waals surface area contributed by atoms with Gasteiger partial charge in [-0.15, -0.1) is 10.2 Å². The van der Waals surface area contributed by atoms with Crippen molar-refractivity contribution in [3.8, 4) is 23.8 Å². The maximum absolute atomic E-state index is 12.4. The van der Waals surface area contributed by atoms with Crippen molar-refractivity contribution in [1.82, 2.24) is 19.3 Å². The van der Waals surface area contributed by atoms with E-state index in [1.807, 2.05) is 12.1 Å². The Morgan fingerprint density at radius 2 is 2.00 bits per heavy atom. The number of nitriles is 2. The summed E-state index contributed by atoms with van der Waals surface area (Å²) >= 11 is 0. The van der Waals surface area contributed by atoms with Crippen molar-refractivity contribution >= 4 is 11.5 Å². The smallest absolute Gasteiger partial charge is 0.281 e. The number of pyridine rings is 2. The van der Waals surface area contributed by atoms with Crippen molar-refractivity contribution in [2.45, 2.75) is 6.92 Å². The van der Waals surface area contributed by atoms with Crippen LogP contribution in [0, 0.1) is 29.6 Å². The Morgan fingerprint density at radius 1 is 1.22 bits per heavy atom. The molecule has 0 unspecified atom stereocenters. The molecule has 0 aliphatic carbocycles. The van der Waals surface area contributed by atoms with Gasteiger partial charge >= 0.3 is 0 Å². The van der Waals surface area contributed by atoms with Crippen molar-refractivity contribution in [3.05, 3.63) is 57.6 Å². The zero-order chi connectivity index (χ0) is 19.6. The summed E-state index contributed by atoms with van der Waals surface area (Å²) in [5, 5.41) is 40.4. The second kappa shape index (κ2) is 6.90. The summed E-state index contributed by atoms with van der Waals surface area (Å²) in [6.45, 7) is 1.48. The minimum atomic E-state index is -0.629. The Kier molecular flexibility index (Phi) is 4.47. The molecule has 3 aromatic rings. The van der Waals surface area contributed by atoms with Gasteiger partial charge in [-0.05, 0) is 19.1 Å². The zero-order valence-electron chi connectivity index (χ0n) is 14.3. The molecular formula is C17H12N8O2. The van der Waals surface area contributed by atoms with Gasteiger partial charge < -0.3 is 5.11 Å². The van der Waals surface area contributed by atoms with Gasteiger partial charge in [0.2, 0.25) is 5.88 Å². The van der Waals surface area contributed by atoms with E-state index in [-0.39, 0.29) is 28.2 Å². The summed E-state index contributed by atoms with van der Waals surface area (Å²) in [6, 6.07) is 8.93. The molecule has 3 rings (SSSR count). The highest BCUT2D eigenvalue weighted by Gasteiger charge is 2.18. The van der Waals surface area contributed by atoms with E-state index < -0.39 is 11.4 Å². The van der Waals surface area contributed by atoms with Crippen LogP contribution in [0.3, 0.4) is 0 Å². The predicted molar refractivity (Wildman–Crippen MR) is 93.0 cm³/mol. The summed E-state index contributed by atoms with van der Waals surface area (Å²) in [5.41, 5.74) is -0.508. The maximum Gasteiger partial charge on any atom is 0.281 e. The highest BCUT2D eigenvalue weighted by Crippen LogP contribution is 2.28. The third-order valence-corrected chi connectivity index (χ3v) is 3.87. The zero-order valence-corrected chi connectivity index (χ0v) is 14.3. The predicted octanol–water partition coefficient (Wildman–Crippen LogP) is 2.14. The normalized spacial score (nSPS) is 10.7. The summed E-state index contributed by atoms with van der Waals surface area (Å²) in [6.07, 6.45) is 2.87. The van der Waals surface area contributed by atoms with Gasteiger partial charge in [0.05, 0.1) is 6.20 Å². The molecule has 0 radical (unpaired) electrons. The largest absolute Gasteiger partial charge is 0.493 e. The maximum atomic E-state index is 12.4. The molecule has 3 heterocycles. The lowest BCUT2D eigenvalue weighted by Gasteiger charge is -2.08. The third kappa shape index (κ3) is 2.92. The molecule has 3 aromatic heterocycles. The number of azo groups is 1. The van der Waals surface area contributed by atoms with Crippen LogP contribution in [0.5, 0.6) is 5.88 Å². The number of aromatic nitrogens is 4. The van der Waals surface area contributed by atoms with Gasteiger partial charge in [0.25, 0.3) is 5.56 Å². The number of nitrogens with zero attached hydrogens (tertiary/aromatic N) is 8. The Hall–Kier alpha value is -4.31. The van der Waals surface area contributed by atoms with E-state index >= 15 is 0 Å². The van der Waals surface area contributed by atoms with Gasteiger partial charge in [-0.25, -0.2) is 4.98 Å². The molecule has 0 amide bonds. The lowest BCUT2D eigenvalue weighted by atomic mass is 10.1. The van der Waals surface area contributed by atoms with E-state index in [0.29, 0.717) is 5.82 Å². The molecule has 0 atom stereocenters. The van der Waals surface area contributed by atoms with Crippen LogP contribution < -0.4 is 5.56 Å². The third-order valence-electron chi connectivity index (χ3n) is 3.87. The van der Waals surface area contributed by atoms with Gasteiger partial charge in [0.15, 0.2) is 17.3 Å². The molecule has 0 bridgehead atoms. The second-order valence-corrected chi connectivity index (χ2v) is 5.44. The molecule has 132 valence electrons. The number of aromatic hydroxyl groups is 1. The Bertz CT molecular complexity index is 1190. The summed E-state index contributed by atoms with van der Waals surface area (Å²) in [5.74, 6) is 0.0559. The van der Waals surface area contributed by atoms with Crippen LogP contribution in [0.4, 0.5) is 11.5 Å². The number of hydrogen-bond acceptors (Lipinski definition) is 8. The van der Waals surface area contributed by atoms with Crippen molar-refractivity contribution in [3.63, 3.8) is 0 Å². The van der Waals surface area contributed by atoms with Crippen LogP contribution in [0.15, 0.2) is 45.6 Å². The quantitative estimate of drug-likeness (QED) is 0.708. The van der Waals surface area contributed by atoms with Crippen LogP contribution in [0.25, 0.3) is 5.82 Å². The van der Waals surface area contributed by atoms with Crippen LogP contribution in [-0.2, 0) is 7.05 Å². The molecule has 0 aliphatic rings. The summed E-state index contributed by atoms with van der Waals surface area (Å²) in [7, 11) is 1.32. The van der Waals surface area contributed by atoms with E-state index in [2.05, 4.69) is 20.3 Å². The van der Waals surface area contributed by atoms with Crippen molar-refractivity contribution in [2.24, 2.45) is 17.3 Å². The number of hydrogen-bond donors (Lipinski definition) is 1. The van der Waals surface area contributed by atoms with Crippen molar-refractivity contribution in [2.75, 3.05) is 0 Å². The van der Waals surface area contributed by atoms with Crippen LogP contribution in [0.2, 0.25) is 0 Å². The van der Waals surface area contributed by atoms with E-state index in [9.17, 15) is 20.4 Å². The first-order valence-corrected chi connectivity index (χ1v) is 7.63. The Balaban J connectivity index is 2.18. The molecule has 0 saturated carbocycles. The Morgan fingerprint density at radius 3 is 2.63 bits per heavy atom. The minimum absolute atomic E-state index is 0.0789. The van der Waals surface area contributed by atoms with Crippen molar-refractivity contribution < 1.29 is 5.11 Å². The first-order chi connectivity index (χ1) is 13.0. The van der Waals surface area contributed by atoms with Crippen LogP contribution >= 0.6 is 0 Å². The van der Waals surface area contributed by atoms with Gasteiger partial charge in [0.1, 0.15) is 23.3 Å². The molecule has 0 aromatic carbocycles. The lowest BCUT2D eigenvalue weighted by Crippen LogP contribution is -2.18. The average molecular weight is 360 g/mol. The monoisotopic (exact) mass is 360 g/mol. The first-order valence-electron chi connectivity index (χ1n) is 7.63. The van der Waals surface area contributed by atoms with E-state index in [0.717, 1.165) is 4.57 Å². The fourth-order valence-corrected chi connectivity index (χ4v) is 2.38.